The highest BCUT2D eigenvalue weighted by Gasteiger charge is 2.38. The minimum Gasteiger partial charge on any atom is -0.480 e. The molecule has 18 heavy (non-hydrogen) atoms. The van der Waals surface area contributed by atoms with Gasteiger partial charge in [0, 0.05) is 13.6 Å². The standard InChI is InChI=1S/C12H17N3O3/c1-3-4-8-7-10(14(2)13-8)11(16)15-6-5-9(15)12(17)18/h7,9H,3-6H2,1-2H3,(H,17,18)/t9-/m0/s1. The quantitative estimate of drug-likeness (QED) is 0.853. The van der Waals surface area contributed by atoms with Crippen LogP contribution < -0.4 is 0 Å². The van der Waals surface area contributed by atoms with Crippen LogP contribution in [0.3, 0.4) is 0 Å². The molecule has 98 valence electrons. The van der Waals surface area contributed by atoms with Gasteiger partial charge >= 0.3 is 5.97 Å². The van der Waals surface area contributed by atoms with Gasteiger partial charge in [-0.25, -0.2) is 4.79 Å². The molecular weight excluding hydrogens is 234 g/mol. The molecule has 1 atom stereocenters. The zero-order chi connectivity index (χ0) is 13.3. The Hall–Kier alpha value is -1.85. The average Bonchev–Trinajstić information content (AvgIpc) is 2.57. The first-order valence-corrected chi connectivity index (χ1v) is 6.11. The molecule has 1 amide bonds. The summed E-state index contributed by atoms with van der Waals surface area (Å²) in [6.45, 7) is 2.55. The van der Waals surface area contributed by atoms with E-state index in [1.807, 2.05) is 6.92 Å². The fourth-order valence-electron chi connectivity index (χ4n) is 2.14. The summed E-state index contributed by atoms with van der Waals surface area (Å²) in [5.41, 5.74) is 1.33. The molecule has 1 aromatic heterocycles. The van der Waals surface area contributed by atoms with Crippen LogP contribution in [0.15, 0.2) is 6.07 Å². The third kappa shape index (κ3) is 2.10. The van der Waals surface area contributed by atoms with Crippen molar-refractivity contribution >= 4 is 11.9 Å². The number of rotatable bonds is 4. The lowest BCUT2D eigenvalue weighted by Gasteiger charge is -2.37. The van der Waals surface area contributed by atoms with E-state index in [1.165, 1.54) is 9.58 Å². The summed E-state index contributed by atoms with van der Waals surface area (Å²) >= 11 is 0. The van der Waals surface area contributed by atoms with Gasteiger partial charge in [0.1, 0.15) is 11.7 Å². The number of likely N-dealkylation sites (tertiary alicyclic amines) is 1. The van der Waals surface area contributed by atoms with E-state index < -0.39 is 12.0 Å². The Morgan fingerprint density at radius 2 is 2.28 bits per heavy atom. The van der Waals surface area contributed by atoms with Gasteiger partial charge in [-0.15, -0.1) is 0 Å². The zero-order valence-electron chi connectivity index (χ0n) is 10.6. The first-order valence-electron chi connectivity index (χ1n) is 6.11. The van der Waals surface area contributed by atoms with Crippen molar-refractivity contribution in [1.29, 1.82) is 0 Å². The Bertz CT molecular complexity index is 481. The van der Waals surface area contributed by atoms with Gasteiger partial charge in [-0.1, -0.05) is 13.3 Å². The van der Waals surface area contributed by atoms with E-state index in [-0.39, 0.29) is 5.91 Å². The highest BCUT2D eigenvalue weighted by Crippen LogP contribution is 2.21. The molecule has 6 heteroatoms. The van der Waals surface area contributed by atoms with Gasteiger partial charge in [-0.3, -0.25) is 9.48 Å². The molecular formula is C12H17N3O3. The van der Waals surface area contributed by atoms with Crippen molar-refractivity contribution in [2.24, 2.45) is 7.05 Å². The summed E-state index contributed by atoms with van der Waals surface area (Å²) in [4.78, 5) is 24.5. The van der Waals surface area contributed by atoms with Crippen LogP contribution in [-0.4, -0.2) is 44.3 Å². The molecule has 1 aliphatic heterocycles. The first-order chi connectivity index (χ1) is 8.54. The monoisotopic (exact) mass is 251 g/mol. The number of hydrogen-bond donors (Lipinski definition) is 1. The Morgan fingerprint density at radius 1 is 1.56 bits per heavy atom. The summed E-state index contributed by atoms with van der Waals surface area (Å²) in [6, 6.07) is 1.07. The lowest BCUT2D eigenvalue weighted by molar-refractivity contribution is -0.146. The highest BCUT2D eigenvalue weighted by molar-refractivity contribution is 5.96. The fourth-order valence-corrected chi connectivity index (χ4v) is 2.14. The van der Waals surface area contributed by atoms with E-state index in [4.69, 9.17) is 5.11 Å². The van der Waals surface area contributed by atoms with Crippen molar-refractivity contribution in [2.45, 2.75) is 32.2 Å². The van der Waals surface area contributed by atoms with Crippen molar-refractivity contribution in [3.05, 3.63) is 17.5 Å². The van der Waals surface area contributed by atoms with Crippen LogP contribution in [0.2, 0.25) is 0 Å². The molecule has 2 rings (SSSR count). The predicted octanol–water partition coefficient (Wildman–Crippen LogP) is 0.672. The predicted molar refractivity (Wildman–Crippen MR) is 64.3 cm³/mol. The molecule has 1 aliphatic rings. The number of carbonyl (C=O) groups excluding carboxylic acids is 1. The Morgan fingerprint density at radius 3 is 2.78 bits per heavy atom. The van der Waals surface area contributed by atoms with E-state index in [1.54, 1.807) is 13.1 Å². The summed E-state index contributed by atoms with van der Waals surface area (Å²) in [7, 11) is 1.71. The number of carbonyl (C=O) groups is 2. The second-order valence-corrected chi connectivity index (χ2v) is 4.54. The van der Waals surface area contributed by atoms with E-state index in [9.17, 15) is 9.59 Å². The molecule has 0 unspecified atom stereocenters. The lowest BCUT2D eigenvalue weighted by Crippen LogP contribution is -2.55. The van der Waals surface area contributed by atoms with Crippen LogP contribution in [0.4, 0.5) is 0 Å². The second kappa shape index (κ2) is 4.80. The topological polar surface area (TPSA) is 75.4 Å². The second-order valence-electron chi connectivity index (χ2n) is 4.54. The molecule has 0 aliphatic carbocycles. The van der Waals surface area contributed by atoms with E-state index in [0.717, 1.165) is 18.5 Å². The number of aliphatic carboxylic acids is 1. The van der Waals surface area contributed by atoms with Gasteiger partial charge in [-0.2, -0.15) is 5.10 Å². The maximum Gasteiger partial charge on any atom is 0.326 e. The van der Waals surface area contributed by atoms with Crippen molar-refractivity contribution in [3.8, 4) is 0 Å². The molecule has 0 radical (unpaired) electrons. The molecule has 0 saturated carbocycles. The highest BCUT2D eigenvalue weighted by atomic mass is 16.4. The molecule has 0 spiro atoms. The third-order valence-corrected chi connectivity index (χ3v) is 3.22. The summed E-state index contributed by atoms with van der Waals surface area (Å²) in [5, 5.41) is 13.2. The maximum absolute atomic E-state index is 12.2. The van der Waals surface area contributed by atoms with E-state index in [0.29, 0.717) is 18.7 Å². The van der Waals surface area contributed by atoms with Crippen LogP contribution in [0, 0.1) is 0 Å². The SMILES string of the molecule is CCCc1cc(C(=O)N2CC[C@H]2C(=O)O)n(C)n1. The maximum atomic E-state index is 12.2. The smallest absolute Gasteiger partial charge is 0.326 e. The first kappa shape index (κ1) is 12.6. The zero-order valence-corrected chi connectivity index (χ0v) is 10.6. The van der Waals surface area contributed by atoms with E-state index >= 15 is 0 Å². The van der Waals surface area contributed by atoms with Crippen LogP contribution in [0.25, 0.3) is 0 Å². The van der Waals surface area contributed by atoms with Gasteiger partial charge in [0.25, 0.3) is 5.91 Å². The Kier molecular flexibility index (Phi) is 3.36. The van der Waals surface area contributed by atoms with Crippen molar-refractivity contribution in [2.75, 3.05) is 6.54 Å². The van der Waals surface area contributed by atoms with Crippen molar-refractivity contribution in [1.82, 2.24) is 14.7 Å². The number of nitrogens with zero attached hydrogens (tertiary/aromatic N) is 3. The number of amides is 1. The van der Waals surface area contributed by atoms with Crippen LogP contribution >= 0.6 is 0 Å². The molecule has 1 fully saturated rings. The summed E-state index contributed by atoms with van der Waals surface area (Å²) in [6.07, 6.45) is 2.32. The number of aryl methyl sites for hydroxylation is 2. The van der Waals surface area contributed by atoms with E-state index in [2.05, 4.69) is 5.10 Å². The fraction of sp³-hybridized carbons (Fsp3) is 0.583. The number of aromatic nitrogens is 2. The molecule has 1 N–H and O–H groups in total. The third-order valence-electron chi connectivity index (χ3n) is 3.22. The molecule has 1 aromatic rings. The minimum atomic E-state index is -0.939. The van der Waals surface area contributed by atoms with Gasteiger partial charge in [0.2, 0.25) is 0 Å². The largest absolute Gasteiger partial charge is 0.480 e. The molecule has 6 nitrogen and oxygen atoms in total. The lowest BCUT2D eigenvalue weighted by atomic mass is 10.0. The van der Waals surface area contributed by atoms with Crippen LogP contribution in [-0.2, 0) is 18.3 Å². The Labute approximate surface area is 105 Å². The van der Waals surface area contributed by atoms with Crippen LogP contribution in [0.1, 0.15) is 35.9 Å². The van der Waals surface area contributed by atoms with Gasteiger partial charge < -0.3 is 10.0 Å². The van der Waals surface area contributed by atoms with Gasteiger partial charge in [0.15, 0.2) is 0 Å². The number of carboxylic acid groups (broad SMARTS) is 1. The molecule has 0 bridgehead atoms. The molecule has 2 heterocycles. The van der Waals surface area contributed by atoms with Gasteiger partial charge in [-0.05, 0) is 18.9 Å². The van der Waals surface area contributed by atoms with Crippen LogP contribution in [0.5, 0.6) is 0 Å². The summed E-state index contributed by atoms with van der Waals surface area (Å²) < 4.78 is 1.53. The molecule has 1 saturated heterocycles. The number of carboxylic acids is 1. The summed E-state index contributed by atoms with van der Waals surface area (Å²) in [5.74, 6) is -1.18. The van der Waals surface area contributed by atoms with Crippen molar-refractivity contribution < 1.29 is 14.7 Å². The average molecular weight is 251 g/mol. The number of hydrogen-bond acceptors (Lipinski definition) is 3. The minimum absolute atomic E-state index is 0.244. The molecule has 0 aromatic carbocycles. The van der Waals surface area contributed by atoms with Crippen molar-refractivity contribution in [3.63, 3.8) is 0 Å². The Balaban J connectivity index is 2.16. The van der Waals surface area contributed by atoms with Gasteiger partial charge in [0.05, 0.1) is 5.69 Å². The normalized spacial score (nSPS) is 18.6.